The molecule has 1 aliphatic rings. The third-order valence-corrected chi connectivity index (χ3v) is 7.68. The predicted molar refractivity (Wildman–Crippen MR) is 156 cm³/mol. The molecule has 3 nitrogen and oxygen atoms in total. The zero-order valence-electron chi connectivity index (χ0n) is 22.0. The van der Waals surface area contributed by atoms with Gasteiger partial charge in [0.2, 0.25) is 0 Å². The molecular formula is C35H31N3. The van der Waals surface area contributed by atoms with Crippen LogP contribution in [0, 0.1) is 18.3 Å². The molecule has 0 fully saturated rings. The van der Waals surface area contributed by atoms with Crippen LogP contribution in [0.25, 0.3) is 27.7 Å². The molecule has 38 heavy (non-hydrogen) atoms. The van der Waals surface area contributed by atoms with E-state index in [1.165, 1.54) is 50.0 Å². The number of aryl methyl sites for hydroxylation is 4. The van der Waals surface area contributed by atoms with Gasteiger partial charge in [-0.15, -0.1) is 0 Å². The fourth-order valence-corrected chi connectivity index (χ4v) is 5.86. The van der Waals surface area contributed by atoms with Gasteiger partial charge < -0.3 is 4.57 Å². The van der Waals surface area contributed by atoms with E-state index in [4.69, 9.17) is 4.98 Å². The van der Waals surface area contributed by atoms with Gasteiger partial charge in [-0.2, -0.15) is 5.26 Å². The molecule has 0 saturated heterocycles. The van der Waals surface area contributed by atoms with Gasteiger partial charge in [0.25, 0.3) is 0 Å². The third kappa shape index (κ3) is 4.33. The maximum Gasteiger partial charge on any atom is 0.110 e. The number of hydrogen-bond acceptors (Lipinski definition) is 2. The quantitative estimate of drug-likeness (QED) is 0.232. The summed E-state index contributed by atoms with van der Waals surface area (Å²) in [5, 5.41) is 9.56. The first-order valence-corrected chi connectivity index (χ1v) is 13.5. The Hall–Kier alpha value is -4.42. The van der Waals surface area contributed by atoms with Crippen LogP contribution in [-0.2, 0) is 25.8 Å². The molecule has 3 heteroatoms. The summed E-state index contributed by atoms with van der Waals surface area (Å²) >= 11 is 0. The zero-order valence-corrected chi connectivity index (χ0v) is 22.0. The fraction of sp³-hybridized carbons (Fsp3) is 0.200. The highest BCUT2D eigenvalue weighted by molar-refractivity contribution is 5.87. The number of allylic oxidation sites excluding steroid dienone is 1. The summed E-state index contributed by atoms with van der Waals surface area (Å²) in [6.07, 6.45) is 5.65. The van der Waals surface area contributed by atoms with Crippen molar-refractivity contribution in [2.45, 2.75) is 46.1 Å². The standard InChI is InChI=1S/C35H31N3/c1-3-9-34-37-35-24(2)20-29(26-10-5-4-6-11-26)22-33(35)38(34)23-25-14-17-31-28(21-25)16-15-27-12-7-8-13-30(27)32(31)18-19-36/h4-8,10-14,17-18,20-22H,3,9,15-16,23H2,1-2H3. The number of aromatic nitrogens is 2. The van der Waals surface area contributed by atoms with E-state index in [1.807, 2.05) is 0 Å². The molecular weight excluding hydrogens is 462 g/mol. The lowest BCUT2D eigenvalue weighted by atomic mass is 9.93. The second-order valence-corrected chi connectivity index (χ2v) is 10.2. The smallest absolute Gasteiger partial charge is 0.110 e. The van der Waals surface area contributed by atoms with Gasteiger partial charge in [-0.05, 0) is 88.4 Å². The Bertz CT molecular complexity index is 1710. The van der Waals surface area contributed by atoms with Gasteiger partial charge in [0.1, 0.15) is 5.82 Å². The number of hydrogen-bond donors (Lipinski definition) is 0. The summed E-state index contributed by atoms with van der Waals surface area (Å²) in [5.74, 6) is 1.14. The predicted octanol–water partition coefficient (Wildman–Crippen LogP) is 8.07. The van der Waals surface area contributed by atoms with E-state index in [0.717, 1.165) is 49.1 Å². The van der Waals surface area contributed by atoms with Gasteiger partial charge in [0, 0.05) is 19.0 Å². The van der Waals surface area contributed by atoms with Gasteiger partial charge >= 0.3 is 0 Å². The Labute approximate surface area is 224 Å². The molecule has 0 saturated carbocycles. The van der Waals surface area contributed by atoms with Gasteiger partial charge in [-0.3, -0.25) is 0 Å². The Balaban J connectivity index is 1.44. The number of nitriles is 1. The van der Waals surface area contributed by atoms with E-state index in [1.54, 1.807) is 6.08 Å². The molecule has 0 bridgehead atoms. The van der Waals surface area contributed by atoms with Crippen molar-refractivity contribution in [3.63, 3.8) is 0 Å². The minimum absolute atomic E-state index is 0.779. The van der Waals surface area contributed by atoms with Crippen LogP contribution in [0.5, 0.6) is 0 Å². The highest BCUT2D eigenvalue weighted by Crippen LogP contribution is 2.35. The molecule has 0 N–H and O–H groups in total. The van der Waals surface area contributed by atoms with Crippen molar-refractivity contribution in [3.8, 4) is 17.2 Å². The molecule has 1 heterocycles. The second-order valence-electron chi connectivity index (χ2n) is 10.2. The normalized spacial score (nSPS) is 13.7. The molecule has 6 rings (SSSR count). The molecule has 0 atom stereocenters. The van der Waals surface area contributed by atoms with E-state index in [9.17, 15) is 5.26 Å². The van der Waals surface area contributed by atoms with Crippen LogP contribution in [0.1, 0.15) is 52.5 Å². The number of rotatable bonds is 5. The molecule has 4 aromatic carbocycles. The molecule has 0 amide bonds. The van der Waals surface area contributed by atoms with Crippen LogP contribution >= 0.6 is 0 Å². The highest BCUT2D eigenvalue weighted by atomic mass is 15.1. The molecule has 5 aromatic rings. The van der Waals surface area contributed by atoms with Crippen LogP contribution in [-0.4, -0.2) is 9.55 Å². The number of fused-ring (bicyclic) bond motifs is 3. The molecule has 186 valence electrons. The maximum absolute atomic E-state index is 9.56. The summed E-state index contributed by atoms with van der Waals surface area (Å²) in [4.78, 5) is 5.12. The van der Waals surface area contributed by atoms with E-state index < -0.39 is 0 Å². The first-order valence-electron chi connectivity index (χ1n) is 13.5. The molecule has 0 aliphatic heterocycles. The average molecular weight is 494 g/mol. The van der Waals surface area contributed by atoms with E-state index in [2.05, 4.69) is 109 Å². The topological polar surface area (TPSA) is 41.6 Å². The summed E-state index contributed by atoms with van der Waals surface area (Å²) in [5.41, 5.74) is 13.2. The van der Waals surface area contributed by atoms with E-state index in [0.29, 0.717) is 0 Å². The van der Waals surface area contributed by atoms with Crippen molar-refractivity contribution in [2.75, 3.05) is 0 Å². The Morgan fingerprint density at radius 1 is 0.868 bits per heavy atom. The van der Waals surface area contributed by atoms with E-state index >= 15 is 0 Å². The first kappa shape index (κ1) is 23.9. The van der Waals surface area contributed by atoms with E-state index in [-0.39, 0.29) is 0 Å². The van der Waals surface area contributed by atoms with Crippen molar-refractivity contribution in [1.29, 1.82) is 5.26 Å². The molecule has 0 spiro atoms. The van der Waals surface area contributed by atoms with Gasteiger partial charge in [-0.1, -0.05) is 79.7 Å². The van der Waals surface area contributed by atoms with Crippen molar-refractivity contribution in [2.24, 2.45) is 0 Å². The van der Waals surface area contributed by atoms with Crippen LogP contribution in [0.2, 0.25) is 0 Å². The van der Waals surface area contributed by atoms with Gasteiger partial charge in [0.05, 0.1) is 17.1 Å². The molecule has 1 aromatic heterocycles. The largest absolute Gasteiger partial charge is 0.323 e. The summed E-state index contributed by atoms with van der Waals surface area (Å²) in [7, 11) is 0. The van der Waals surface area contributed by atoms with Crippen LogP contribution in [0.3, 0.4) is 0 Å². The SMILES string of the molecule is CCCc1nc2c(C)cc(-c3ccccc3)cc2n1Cc1ccc2c(c1)CCc1ccccc1C2=CC#N. The molecule has 0 radical (unpaired) electrons. The van der Waals surface area contributed by atoms with Crippen LogP contribution in [0.4, 0.5) is 0 Å². The fourth-order valence-electron chi connectivity index (χ4n) is 5.86. The lowest BCUT2D eigenvalue weighted by Gasteiger charge is -2.14. The number of nitrogens with zero attached hydrogens (tertiary/aromatic N) is 3. The average Bonchev–Trinajstić information content (AvgIpc) is 3.20. The maximum atomic E-state index is 9.56. The zero-order chi connectivity index (χ0) is 26.1. The van der Waals surface area contributed by atoms with Crippen LogP contribution in [0.15, 0.2) is 91.0 Å². The monoisotopic (exact) mass is 493 g/mol. The third-order valence-electron chi connectivity index (χ3n) is 7.68. The Kier molecular flexibility index (Phi) is 6.40. The van der Waals surface area contributed by atoms with Crippen molar-refractivity contribution in [1.82, 2.24) is 9.55 Å². The van der Waals surface area contributed by atoms with Gasteiger partial charge in [0.15, 0.2) is 0 Å². The lowest BCUT2D eigenvalue weighted by Crippen LogP contribution is -2.06. The number of imidazole rings is 1. The lowest BCUT2D eigenvalue weighted by molar-refractivity contribution is 0.721. The summed E-state index contributed by atoms with van der Waals surface area (Å²) in [6.45, 7) is 5.17. The summed E-state index contributed by atoms with van der Waals surface area (Å²) in [6, 6.07) is 32.7. The van der Waals surface area contributed by atoms with Crippen LogP contribution < -0.4 is 0 Å². The highest BCUT2D eigenvalue weighted by Gasteiger charge is 2.19. The molecule has 0 unspecified atom stereocenters. The first-order chi connectivity index (χ1) is 18.7. The second kappa shape index (κ2) is 10.1. The van der Waals surface area contributed by atoms with Crippen molar-refractivity contribution >= 4 is 16.6 Å². The Morgan fingerprint density at radius 3 is 2.45 bits per heavy atom. The summed E-state index contributed by atoms with van der Waals surface area (Å²) < 4.78 is 2.41. The number of benzene rings is 4. The van der Waals surface area contributed by atoms with Gasteiger partial charge in [-0.25, -0.2) is 4.98 Å². The molecule has 1 aliphatic carbocycles. The minimum atomic E-state index is 0.779. The minimum Gasteiger partial charge on any atom is -0.323 e. The van der Waals surface area contributed by atoms with Crippen molar-refractivity contribution < 1.29 is 0 Å². The Morgan fingerprint density at radius 2 is 1.63 bits per heavy atom. The van der Waals surface area contributed by atoms with Crippen molar-refractivity contribution in [3.05, 3.63) is 130 Å².